The molecule has 3 nitrogen and oxygen atoms in total. The van der Waals surface area contributed by atoms with Gasteiger partial charge in [0.2, 0.25) is 0 Å². The van der Waals surface area contributed by atoms with Crippen LogP contribution < -0.4 is 10.6 Å². The molecule has 2 N–H and O–H groups in total. The third-order valence-electron chi connectivity index (χ3n) is 3.19. The maximum absolute atomic E-state index is 6.02. The van der Waals surface area contributed by atoms with Crippen LogP contribution in [-0.4, -0.2) is 11.5 Å². The second-order valence-electron chi connectivity index (χ2n) is 4.40. The third-order valence-corrected chi connectivity index (χ3v) is 3.19. The number of aromatic nitrogens is 1. The molecule has 0 fully saturated rings. The molecule has 0 saturated carbocycles. The van der Waals surface area contributed by atoms with Crippen molar-refractivity contribution in [1.29, 1.82) is 0 Å². The van der Waals surface area contributed by atoms with E-state index in [0.717, 1.165) is 30.2 Å². The van der Waals surface area contributed by atoms with Gasteiger partial charge in [-0.2, -0.15) is 0 Å². The van der Waals surface area contributed by atoms with E-state index in [1.807, 2.05) is 19.1 Å². The number of pyridine rings is 1. The van der Waals surface area contributed by atoms with Crippen LogP contribution in [0.3, 0.4) is 0 Å². The number of nitrogens with zero attached hydrogens (tertiary/aromatic N) is 2. The molecular weight excluding hydrogens is 210 g/mol. The van der Waals surface area contributed by atoms with Gasteiger partial charge in [-0.15, -0.1) is 0 Å². The molecule has 0 amide bonds. The smallest absolute Gasteiger partial charge is 0.156 e. The summed E-state index contributed by atoms with van der Waals surface area (Å²) in [6, 6.07) is 12.3. The minimum atomic E-state index is 0.743. The first-order valence-corrected chi connectivity index (χ1v) is 5.84. The van der Waals surface area contributed by atoms with Crippen molar-refractivity contribution >= 4 is 17.2 Å². The molecule has 2 aromatic rings. The fourth-order valence-corrected chi connectivity index (χ4v) is 2.33. The van der Waals surface area contributed by atoms with Crippen LogP contribution in [0.2, 0.25) is 0 Å². The van der Waals surface area contributed by atoms with E-state index in [1.165, 1.54) is 11.3 Å². The van der Waals surface area contributed by atoms with Crippen molar-refractivity contribution in [2.75, 3.05) is 17.2 Å². The van der Waals surface area contributed by atoms with Gasteiger partial charge in [0.15, 0.2) is 5.82 Å². The molecule has 0 bridgehead atoms. The zero-order valence-electron chi connectivity index (χ0n) is 9.85. The summed E-state index contributed by atoms with van der Waals surface area (Å²) in [5.41, 5.74) is 10.4. The second kappa shape index (κ2) is 3.77. The Kier molecular flexibility index (Phi) is 2.25. The van der Waals surface area contributed by atoms with Crippen LogP contribution in [0.25, 0.3) is 0 Å². The van der Waals surface area contributed by atoms with E-state index in [4.69, 9.17) is 5.73 Å². The molecule has 1 aromatic heterocycles. The minimum Gasteiger partial charge on any atom is -0.396 e. The van der Waals surface area contributed by atoms with Gasteiger partial charge in [0, 0.05) is 17.9 Å². The molecule has 3 heteroatoms. The van der Waals surface area contributed by atoms with Crippen LogP contribution in [0.15, 0.2) is 36.4 Å². The largest absolute Gasteiger partial charge is 0.396 e. The lowest BCUT2D eigenvalue weighted by Crippen LogP contribution is -2.16. The number of aryl methyl sites for hydroxylation is 1. The van der Waals surface area contributed by atoms with Crippen molar-refractivity contribution in [3.8, 4) is 0 Å². The lowest BCUT2D eigenvalue weighted by atomic mass is 10.2. The minimum absolute atomic E-state index is 0.743. The summed E-state index contributed by atoms with van der Waals surface area (Å²) >= 11 is 0. The summed E-state index contributed by atoms with van der Waals surface area (Å²) in [5.74, 6) is 0.884. The monoisotopic (exact) mass is 225 g/mol. The first kappa shape index (κ1) is 10.1. The average Bonchev–Trinajstić information content (AvgIpc) is 2.76. The molecule has 0 unspecified atom stereocenters. The number of fused-ring (bicyclic) bond motifs is 1. The van der Waals surface area contributed by atoms with E-state index >= 15 is 0 Å². The summed E-state index contributed by atoms with van der Waals surface area (Å²) in [5, 5.41) is 0. The summed E-state index contributed by atoms with van der Waals surface area (Å²) in [4.78, 5) is 6.76. The van der Waals surface area contributed by atoms with Gasteiger partial charge in [-0.05, 0) is 37.1 Å². The van der Waals surface area contributed by atoms with E-state index < -0.39 is 0 Å². The van der Waals surface area contributed by atoms with E-state index in [9.17, 15) is 0 Å². The van der Waals surface area contributed by atoms with E-state index in [0.29, 0.717) is 0 Å². The number of anilines is 3. The Morgan fingerprint density at radius 3 is 2.88 bits per heavy atom. The molecule has 86 valence electrons. The first-order chi connectivity index (χ1) is 8.25. The maximum Gasteiger partial charge on any atom is 0.156 e. The van der Waals surface area contributed by atoms with Gasteiger partial charge < -0.3 is 10.6 Å². The summed E-state index contributed by atoms with van der Waals surface area (Å²) in [7, 11) is 0. The normalized spacial score (nSPS) is 13.8. The van der Waals surface area contributed by atoms with Crippen molar-refractivity contribution < 1.29 is 0 Å². The Bertz CT molecular complexity index is 563. The molecular formula is C14H15N3. The van der Waals surface area contributed by atoms with Crippen molar-refractivity contribution in [3.63, 3.8) is 0 Å². The maximum atomic E-state index is 6.02. The van der Waals surface area contributed by atoms with Crippen LogP contribution in [0, 0.1) is 6.92 Å². The van der Waals surface area contributed by atoms with Crippen molar-refractivity contribution in [1.82, 2.24) is 4.98 Å². The van der Waals surface area contributed by atoms with Gasteiger partial charge in [-0.3, -0.25) is 0 Å². The highest BCUT2D eigenvalue weighted by Crippen LogP contribution is 2.35. The number of nitrogen functional groups attached to an aromatic ring is 1. The van der Waals surface area contributed by atoms with Gasteiger partial charge in [-0.1, -0.05) is 18.2 Å². The fraction of sp³-hybridized carbons (Fsp3) is 0.214. The van der Waals surface area contributed by atoms with Gasteiger partial charge >= 0.3 is 0 Å². The van der Waals surface area contributed by atoms with E-state index in [-0.39, 0.29) is 0 Å². The number of benzene rings is 1. The number of para-hydroxylation sites is 1. The molecule has 0 aliphatic carbocycles. The van der Waals surface area contributed by atoms with Crippen LogP contribution in [-0.2, 0) is 6.42 Å². The molecule has 3 rings (SSSR count). The zero-order chi connectivity index (χ0) is 11.8. The van der Waals surface area contributed by atoms with Gasteiger partial charge in [0.05, 0.1) is 5.69 Å². The summed E-state index contributed by atoms with van der Waals surface area (Å²) in [6.45, 7) is 2.95. The molecule has 1 aliphatic rings. The van der Waals surface area contributed by atoms with Crippen molar-refractivity contribution in [2.45, 2.75) is 13.3 Å². The summed E-state index contributed by atoms with van der Waals surface area (Å²) in [6.07, 6.45) is 1.06. The lowest BCUT2D eigenvalue weighted by molar-refractivity contribution is 0.969. The Morgan fingerprint density at radius 2 is 2.00 bits per heavy atom. The Labute approximate surface area is 101 Å². The number of hydrogen-bond acceptors (Lipinski definition) is 3. The lowest BCUT2D eigenvalue weighted by Gasteiger charge is -2.20. The molecule has 0 spiro atoms. The quantitative estimate of drug-likeness (QED) is 0.811. The van der Waals surface area contributed by atoms with Gasteiger partial charge in [-0.25, -0.2) is 4.98 Å². The average molecular weight is 225 g/mol. The van der Waals surface area contributed by atoms with Crippen LogP contribution in [0.5, 0.6) is 0 Å². The Morgan fingerprint density at radius 1 is 1.18 bits per heavy atom. The van der Waals surface area contributed by atoms with Gasteiger partial charge in [0.1, 0.15) is 0 Å². The molecule has 17 heavy (non-hydrogen) atoms. The van der Waals surface area contributed by atoms with E-state index in [1.54, 1.807) is 0 Å². The number of rotatable bonds is 1. The predicted molar refractivity (Wildman–Crippen MR) is 70.5 cm³/mol. The highest BCUT2D eigenvalue weighted by molar-refractivity contribution is 5.75. The van der Waals surface area contributed by atoms with Crippen LogP contribution in [0.1, 0.15) is 11.3 Å². The topological polar surface area (TPSA) is 42.1 Å². The predicted octanol–water partition coefficient (Wildman–Crippen LogP) is 2.67. The molecule has 0 radical (unpaired) electrons. The zero-order valence-corrected chi connectivity index (χ0v) is 9.85. The molecule has 1 aromatic carbocycles. The fourth-order valence-electron chi connectivity index (χ4n) is 2.33. The Hall–Kier alpha value is -2.03. The third kappa shape index (κ3) is 1.64. The molecule has 1 aliphatic heterocycles. The van der Waals surface area contributed by atoms with Crippen molar-refractivity contribution in [2.24, 2.45) is 0 Å². The molecule has 0 atom stereocenters. The molecule has 2 heterocycles. The SMILES string of the molecule is Cc1ccc(N)c(N2CCc3ccccc32)n1. The highest BCUT2D eigenvalue weighted by atomic mass is 15.2. The van der Waals surface area contributed by atoms with Crippen LogP contribution >= 0.6 is 0 Å². The summed E-state index contributed by atoms with van der Waals surface area (Å²) < 4.78 is 0. The number of nitrogens with two attached hydrogens (primary N) is 1. The standard InChI is InChI=1S/C14H15N3/c1-10-6-7-12(15)14(16-10)17-9-8-11-4-2-3-5-13(11)17/h2-7H,8-9,15H2,1H3. The van der Waals surface area contributed by atoms with E-state index in [2.05, 4.69) is 34.1 Å². The van der Waals surface area contributed by atoms with Crippen molar-refractivity contribution in [3.05, 3.63) is 47.7 Å². The second-order valence-corrected chi connectivity index (χ2v) is 4.40. The molecule has 0 saturated heterocycles. The highest BCUT2D eigenvalue weighted by Gasteiger charge is 2.22. The first-order valence-electron chi connectivity index (χ1n) is 5.84. The van der Waals surface area contributed by atoms with Gasteiger partial charge in [0.25, 0.3) is 0 Å². The Balaban J connectivity index is 2.10. The van der Waals surface area contributed by atoms with Crippen LogP contribution in [0.4, 0.5) is 17.2 Å². The number of hydrogen-bond donors (Lipinski definition) is 1.